The van der Waals surface area contributed by atoms with Crippen molar-refractivity contribution in [1.82, 2.24) is 25.1 Å². The predicted octanol–water partition coefficient (Wildman–Crippen LogP) is 5.43. The average molecular weight is 655 g/mol. The second-order valence-corrected chi connectivity index (χ2v) is 11.0. The molecule has 1 fully saturated rings. The van der Waals surface area contributed by atoms with Gasteiger partial charge in [-0.1, -0.05) is 35.9 Å². The maximum atomic E-state index is 14.6. The number of hydrogen-bond acceptors (Lipinski definition) is 7. The van der Waals surface area contributed by atoms with Crippen molar-refractivity contribution in [2.45, 2.75) is 12.8 Å². The van der Waals surface area contributed by atoms with Gasteiger partial charge < -0.3 is 31.1 Å². The molecule has 5 rings (SSSR count). The summed E-state index contributed by atoms with van der Waals surface area (Å²) >= 11 is 6.12. The van der Waals surface area contributed by atoms with E-state index in [0.29, 0.717) is 66.8 Å². The molecule has 13 heteroatoms. The fourth-order valence-corrected chi connectivity index (χ4v) is 4.93. The molecule has 4 amide bonds. The van der Waals surface area contributed by atoms with Crippen LogP contribution in [0.2, 0.25) is 5.02 Å². The Labute approximate surface area is 276 Å². The van der Waals surface area contributed by atoms with Gasteiger partial charge in [0.2, 0.25) is 11.9 Å². The van der Waals surface area contributed by atoms with Crippen LogP contribution >= 0.6 is 11.6 Å². The minimum atomic E-state index is -0.657. The molecule has 0 saturated carbocycles. The van der Waals surface area contributed by atoms with Crippen molar-refractivity contribution in [3.05, 3.63) is 101 Å². The number of hydrogen-bond donors (Lipinski definition) is 4. The highest BCUT2D eigenvalue weighted by Crippen LogP contribution is 2.24. The van der Waals surface area contributed by atoms with Gasteiger partial charge in [0, 0.05) is 56.1 Å². The highest BCUT2D eigenvalue weighted by Gasteiger charge is 2.24. The SMILES string of the molecule is C#CCCNC(=O)N1CCN(C(=O)Cc2ccc(Nc3ncc(F)c(Nc4ccc(C(=O)Nc5ccccc5Cl)cc4)n3)cc2)CC1. The van der Waals surface area contributed by atoms with Gasteiger partial charge in [-0.15, -0.1) is 12.3 Å². The normalized spacial score (nSPS) is 12.5. The van der Waals surface area contributed by atoms with E-state index in [9.17, 15) is 18.8 Å². The summed E-state index contributed by atoms with van der Waals surface area (Å²) in [6, 6.07) is 20.4. The van der Waals surface area contributed by atoms with Crippen LogP contribution in [0.5, 0.6) is 0 Å². The number of para-hydroxylation sites is 1. The number of urea groups is 1. The van der Waals surface area contributed by atoms with Crippen LogP contribution < -0.4 is 21.3 Å². The molecule has 0 spiro atoms. The number of piperazine rings is 1. The topological polar surface area (TPSA) is 132 Å². The van der Waals surface area contributed by atoms with E-state index >= 15 is 0 Å². The molecule has 1 aromatic heterocycles. The first-order valence-electron chi connectivity index (χ1n) is 14.8. The number of halogens is 2. The maximum absolute atomic E-state index is 14.6. The Morgan fingerprint density at radius 2 is 1.55 bits per heavy atom. The zero-order valence-corrected chi connectivity index (χ0v) is 26.1. The number of nitrogens with zero attached hydrogens (tertiary/aromatic N) is 4. The average Bonchev–Trinajstić information content (AvgIpc) is 3.08. The van der Waals surface area contributed by atoms with Crippen LogP contribution in [-0.2, 0) is 11.2 Å². The number of benzene rings is 3. The van der Waals surface area contributed by atoms with Crippen LogP contribution in [0.4, 0.5) is 38.0 Å². The smallest absolute Gasteiger partial charge is 0.317 e. The van der Waals surface area contributed by atoms with Gasteiger partial charge in [0.1, 0.15) is 0 Å². The van der Waals surface area contributed by atoms with E-state index in [1.807, 2.05) is 12.1 Å². The van der Waals surface area contributed by atoms with Gasteiger partial charge in [0.15, 0.2) is 11.6 Å². The second-order valence-electron chi connectivity index (χ2n) is 10.6. The number of nitrogens with one attached hydrogen (secondary N) is 4. The summed E-state index contributed by atoms with van der Waals surface area (Å²) in [4.78, 5) is 49.4. The fraction of sp³-hybridized carbons (Fsp3) is 0.206. The second kappa shape index (κ2) is 15.6. The van der Waals surface area contributed by atoms with E-state index in [1.165, 1.54) is 0 Å². The molecular weight excluding hydrogens is 623 g/mol. The molecule has 0 aliphatic carbocycles. The van der Waals surface area contributed by atoms with Crippen molar-refractivity contribution in [3.63, 3.8) is 0 Å². The molecule has 240 valence electrons. The van der Waals surface area contributed by atoms with Crippen molar-refractivity contribution in [2.24, 2.45) is 0 Å². The Morgan fingerprint density at radius 3 is 2.26 bits per heavy atom. The molecule has 47 heavy (non-hydrogen) atoms. The minimum Gasteiger partial charge on any atom is -0.339 e. The molecule has 4 N–H and O–H groups in total. The summed E-state index contributed by atoms with van der Waals surface area (Å²) in [5, 5.41) is 11.9. The Morgan fingerprint density at radius 1 is 0.894 bits per heavy atom. The van der Waals surface area contributed by atoms with Crippen LogP contribution in [0.25, 0.3) is 0 Å². The summed E-state index contributed by atoms with van der Waals surface area (Å²) in [5.74, 6) is 1.58. The third kappa shape index (κ3) is 8.96. The Bertz CT molecular complexity index is 1770. The van der Waals surface area contributed by atoms with Gasteiger partial charge in [0.25, 0.3) is 5.91 Å². The van der Waals surface area contributed by atoms with Crippen LogP contribution in [-0.4, -0.2) is 70.3 Å². The summed E-state index contributed by atoms with van der Waals surface area (Å²) in [7, 11) is 0. The van der Waals surface area contributed by atoms with Crippen molar-refractivity contribution < 1.29 is 18.8 Å². The van der Waals surface area contributed by atoms with Crippen LogP contribution in [0, 0.1) is 18.2 Å². The third-order valence-electron chi connectivity index (χ3n) is 7.31. The number of rotatable bonds is 10. The van der Waals surface area contributed by atoms with E-state index in [-0.39, 0.29) is 36.0 Å². The molecule has 1 aliphatic rings. The zero-order valence-electron chi connectivity index (χ0n) is 25.3. The molecule has 11 nitrogen and oxygen atoms in total. The first-order chi connectivity index (χ1) is 22.8. The van der Waals surface area contributed by atoms with E-state index in [1.54, 1.807) is 70.5 Å². The van der Waals surface area contributed by atoms with Crippen molar-refractivity contribution in [3.8, 4) is 12.3 Å². The summed E-state index contributed by atoms with van der Waals surface area (Å²) in [6.07, 6.45) is 6.96. The lowest BCUT2D eigenvalue weighted by molar-refractivity contribution is -0.131. The summed E-state index contributed by atoms with van der Waals surface area (Å²) in [6.45, 7) is 2.26. The summed E-state index contributed by atoms with van der Waals surface area (Å²) < 4.78 is 14.6. The molecule has 0 atom stereocenters. The molecule has 1 saturated heterocycles. The van der Waals surface area contributed by atoms with Crippen molar-refractivity contribution >= 4 is 58.3 Å². The molecule has 0 radical (unpaired) electrons. The highest BCUT2D eigenvalue weighted by atomic mass is 35.5. The maximum Gasteiger partial charge on any atom is 0.317 e. The number of amides is 4. The third-order valence-corrected chi connectivity index (χ3v) is 7.64. The summed E-state index contributed by atoms with van der Waals surface area (Å²) in [5.41, 5.74) is 2.88. The van der Waals surface area contributed by atoms with Gasteiger partial charge in [-0.3, -0.25) is 9.59 Å². The molecule has 0 unspecified atom stereocenters. The van der Waals surface area contributed by atoms with Gasteiger partial charge >= 0.3 is 6.03 Å². The first-order valence-corrected chi connectivity index (χ1v) is 15.2. The lowest BCUT2D eigenvalue weighted by Crippen LogP contribution is -2.53. The van der Waals surface area contributed by atoms with E-state index in [4.69, 9.17) is 18.0 Å². The van der Waals surface area contributed by atoms with E-state index in [0.717, 1.165) is 11.8 Å². The molecule has 1 aliphatic heterocycles. The van der Waals surface area contributed by atoms with Crippen LogP contribution in [0.1, 0.15) is 22.3 Å². The Balaban J connectivity index is 1.12. The van der Waals surface area contributed by atoms with Crippen LogP contribution in [0.15, 0.2) is 79.0 Å². The monoisotopic (exact) mass is 654 g/mol. The molecule has 3 aromatic carbocycles. The van der Waals surface area contributed by atoms with Gasteiger partial charge in [0.05, 0.1) is 23.3 Å². The van der Waals surface area contributed by atoms with E-state index < -0.39 is 5.82 Å². The number of terminal acetylenes is 1. The number of carbonyl (C=O) groups excluding carboxylic acids is 3. The number of carbonyl (C=O) groups is 3. The molecular formula is C34H32ClFN8O3. The molecule has 4 aromatic rings. The Kier molecular flexibility index (Phi) is 10.8. The lowest BCUT2D eigenvalue weighted by atomic mass is 10.1. The van der Waals surface area contributed by atoms with Crippen molar-refractivity contribution in [2.75, 3.05) is 48.7 Å². The lowest BCUT2D eigenvalue weighted by Gasteiger charge is -2.34. The van der Waals surface area contributed by atoms with Gasteiger partial charge in [-0.25, -0.2) is 14.2 Å². The number of anilines is 5. The largest absolute Gasteiger partial charge is 0.339 e. The Hall–Kier alpha value is -5.67. The standard InChI is InChI=1S/C34H32ClFN8O3/c1-2-3-16-37-34(47)44-19-17-43(18-20-44)30(45)21-23-8-12-26(13-9-23)40-33-38-22-28(36)31(42-33)39-25-14-10-24(11-15-25)32(46)41-29-7-5-4-6-27(29)35/h1,4-15,22H,3,16-21H2,(H,37,47)(H,41,46)(H2,38,39,40,42). The van der Waals surface area contributed by atoms with Crippen LogP contribution in [0.3, 0.4) is 0 Å². The first kappa shape index (κ1) is 32.7. The van der Waals surface area contributed by atoms with Gasteiger partial charge in [-0.05, 0) is 54.1 Å². The molecule has 2 heterocycles. The fourth-order valence-electron chi connectivity index (χ4n) is 4.75. The van der Waals surface area contributed by atoms with Gasteiger partial charge in [-0.2, -0.15) is 4.98 Å². The van der Waals surface area contributed by atoms with Crippen molar-refractivity contribution in [1.29, 1.82) is 0 Å². The quantitative estimate of drug-likeness (QED) is 0.133. The molecule has 0 bridgehead atoms. The predicted molar refractivity (Wildman–Crippen MR) is 180 cm³/mol. The number of aromatic nitrogens is 2. The van der Waals surface area contributed by atoms with E-state index in [2.05, 4.69) is 37.2 Å². The highest BCUT2D eigenvalue weighted by molar-refractivity contribution is 6.33. The zero-order chi connectivity index (χ0) is 33.2. The minimum absolute atomic E-state index is 0.0232.